The van der Waals surface area contributed by atoms with Gasteiger partial charge in [0.2, 0.25) is 5.91 Å². The highest BCUT2D eigenvalue weighted by atomic mass is 35.5. The molecule has 11 heteroatoms. The summed E-state index contributed by atoms with van der Waals surface area (Å²) in [4.78, 5) is 40.7. The van der Waals surface area contributed by atoms with Crippen LogP contribution >= 0.6 is 11.6 Å². The summed E-state index contributed by atoms with van der Waals surface area (Å²) < 4.78 is 25.6. The number of benzene rings is 1. The van der Waals surface area contributed by atoms with Crippen molar-refractivity contribution in [3.63, 3.8) is 0 Å². The molecule has 0 unspecified atom stereocenters. The van der Waals surface area contributed by atoms with Crippen LogP contribution in [0.5, 0.6) is 0 Å². The Morgan fingerprint density at radius 1 is 1.18 bits per heavy atom. The van der Waals surface area contributed by atoms with Gasteiger partial charge in [-0.25, -0.2) is 9.18 Å². The van der Waals surface area contributed by atoms with Crippen molar-refractivity contribution in [2.45, 2.75) is 18.9 Å². The minimum absolute atomic E-state index is 0.196. The first-order valence-corrected chi connectivity index (χ1v) is 11.1. The molecule has 9 nitrogen and oxygen atoms in total. The zero-order valence-corrected chi connectivity index (χ0v) is 18.8. The fourth-order valence-corrected chi connectivity index (χ4v) is 4.03. The van der Waals surface area contributed by atoms with Crippen LogP contribution in [0, 0.1) is 5.82 Å². The van der Waals surface area contributed by atoms with Crippen molar-refractivity contribution in [3.8, 4) is 0 Å². The van der Waals surface area contributed by atoms with Gasteiger partial charge in [0.05, 0.1) is 30.3 Å². The number of ether oxygens (including phenoxy) is 1. The average molecular weight is 479 g/mol. The number of furan rings is 1. The highest BCUT2D eigenvalue weighted by Crippen LogP contribution is 2.28. The molecule has 2 aliphatic rings. The van der Waals surface area contributed by atoms with Gasteiger partial charge in [-0.15, -0.1) is 11.6 Å². The third-order valence-corrected chi connectivity index (χ3v) is 5.87. The summed E-state index contributed by atoms with van der Waals surface area (Å²) in [6.45, 7) is 3.54. The van der Waals surface area contributed by atoms with E-state index in [-0.39, 0.29) is 36.5 Å². The number of halogens is 2. The average Bonchev–Trinajstić information content (AvgIpc) is 3.44. The number of nitrogens with one attached hydrogen (secondary N) is 1. The van der Waals surface area contributed by atoms with Crippen molar-refractivity contribution in [1.82, 2.24) is 10.2 Å². The molecule has 2 aliphatic heterocycles. The Kier molecular flexibility index (Phi) is 6.73. The van der Waals surface area contributed by atoms with Crippen LogP contribution in [0.25, 0.3) is 0 Å². The van der Waals surface area contributed by atoms with Gasteiger partial charge >= 0.3 is 6.09 Å². The highest BCUT2D eigenvalue weighted by molar-refractivity contribution is 6.16. The summed E-state index contributed by atoms with van der Waals surface area (Å²) in [6, 6.07) is 7.86. The number of alkyl halides is 1. The number of hydrogen-bond acceptors (Lipinski definition) is 6. The van der Waals surface area contributed by atoms with Crippen molar-refractivity contribution in [3.05, 3.63) is 47.7 Å². The summed E-state index contributed by atoms with van der Waals surface area (Å²) >= 11 is 5.72. The minimum atomic E-state index is -0.583. The molecule has 1 N–H and O–H groups in total. The maximum Gasteiger partial charge on any atom is 0.414 e. The van der Waals surface area contributed by atoms with E-state index >= 15 is 0 Å². The van der Waals surface area contributed by atoms with Gasteiger partial charge in [-0.1, -0.05) is 0 Å². The summed E-state index contributed by atoms with van der Waals surface area (Å²) in [5.41, 5.74) is 0.781. The number of amides is 3. The second-order valence-electron chi connectivity index (χ2n) is 7.87. The minimum Gasteiger partial charge on any atom is -0.455 e. The number of hydrogen-bond donors (Lipinski definition) is 1. The summed E-state index contributed by atoms with van der Waals surface area (Å²) in [6.07, 6.45) is -1.08. The van der Waals surface area contributed by atoms with Crippen LogP contribution in [0.2, 0.25) is 0 Å². The second kappa shape index (κ2) is 9.70. The Bertz CT molecular complexity index is 1050. The van der Waals surface area contributed by atoms with Crippen molar-refractivity contribution in [2.24, 2.45) is 0 Å². The largest absolute Gasteiger partial charge is 0.455 e. The predicted octanol–water partition coefficient (Wildman–Crippen LogP) is 2.58. The van der Waals surface area contributed by atoms with Gasteiger partial charge in [0.1, 0.15) is 17.7 Å². The quantitative estimate of drug-likeness (QED) is 0.641. The molecule has 0 bridgehead atoms. The second-order valence-corrected chi connectivity index (χ2v) is 8.14. The number of piperazine rings is 1. The lowest BCUT2D eigenvalue weighted by Gasteiger charge is -2.36. The van der Waals surface area contributed by atoms with Gasteiger partial charge < -0.3 is 24.3 Å². The summed E-state index contributed by atoms with van der Waals surface area (Å²) in [5, 5.41) is 2.61. The van der Waals surface area contributed by atoms with Gasteiger partial charge in [-0.05, 0) is 30.3 Å². The fraction of sp³-hybridized carbons (Fsp3) is 0.409. The third kappa shape index (κ3) is 5.05. The normalized spacial score (nSPS) is 18.5. The molecule has 3 heterocycles. The topological polar surface area (TPSA) is 95.3 Å². The molecule has 2 saturated heterocycles. The molecule has 176 valence electrons. The van der Waals surface area contributed by atoms with Gasteiger partial charge in [0.25, 0.3) is 5.91 Å². The smallest absolute Gasteiger partial charge is 0.414 e. The van der Waals surface area contributed by atoms with Crippen LogP contribution in [0.4, 0.5) is 20.6 Å². The summed E-state index contributed by atoms with van der Waals surface area (Å²) in [7, 11) is 0. The van der Waals surface area contributed by atoms with E-state index in [1.54, 1.807) is 29.2 Å². The number of cyclic esters (lactones) is 1. The molecule has 1 aromatic carbocycles. The van der Waals surface area contributed by atoms with E-state index in [0.717, 1.165) is 0 Å². The van der Waals surface area contributed by atoms with Crippen LogP contribution in [-0.2, 0) is 15.4 Å². The lowest BCUT2D eigenvalue weighted by Crippen LogP contribution is -2.49. The fourth-order valence-electron chi connectivity index (χ4n) is 3.89. The molecule has 1 atom stereocenters. The highest BCUT2D eigenvalue weighted by Gasteiger charge is 2.33. The number of nitrogens with zero attached hydrogens (tertiary/aromatic N) is 3. The van der Waals surface area contributed by atoms with Crippen molar-refractivity contribution < 1.29 is 27.9 Å². The Balaban J connectivity index is 1.36. The van der Waals surface area contributed by atoms with Crippen LogP contribution in [0.1, 0.15) is 23.2 Å². The van der Waals surface area contributed by atoms with E-state index in [4.69, 9.17) is 20.8 Å². The van der Waals surface area contributed by atoms with E-state index in [2.05, 4.69) is 5.32 Å². The Labute approximate surface area is 195 Å². The molecule has 33 heavy (non-hydrogen) atoms. The number of anilines is 2. The Morgan fingerprint density at radius 3 is 2.58 bits per heavy atom. The molecule has 2 fully saturated rings. The predicted molar refractivity (Wildman–Crippen MR) is 119 cm³/mol. The monoisotopic (exact) mass is 478 g/mol. The lowest BCUT2D eigenvalue weighted by molar-refractivity contribution is -0.119. The third-order valence-electron chi connectivity index (χ3n) is 5.61. The van der Waals surface area contributed by atoms with Crippen molar-refractivity contribution in [1.29, 1.82) is 0 Å². The van der Waals surface area contributed by atoms with Crippen LogP contribution < -0.4 is 15.1 Å². The zero-order chi connectivity index (χ0) is 23.5. The van der Waals surface area contributed by atoms with Crippen molar-refractivity contribution >= 4 is 40.9 Å². The molecule has 0 aliphatic carbocycles. The van der Waals surface area contributed by atoms with Gasteiger partial charge in [0, 0.05) is 33.1 Å². The van der Waals surface area contributed by atoms with E-state index < -0.39 is 18.0 Å². The van der Waals surface area contributed by atoms with E-state index in [0.29, 0.717) is 43.3 Å². The molecule has 4 rings (SSSR count). The molecule has 0 spiro atoms. The first-order chi connectivity index (χ1) is 15.9. The zero-order valence-electron chi connectivity index (χ0n) is 18.1. The van der Waals surface area contributed by atoms with Crippen LogP contribution in [-0.4, -0.2) is 68.2 Å². The Hall–Kier alpha value is -3.27. The number of carbonyl (C=O) groups is 3. The SMILES string of the molecule is CC(=O)NC[C@H]1CN(c2ccc(N3CCN(C(=O)c4ccc(CCl)o4)CC3)c(F)c2)C(=O)O1. The number of carbonyl (C=O) groups excluding carboxylic acids is 3. The molecular weight excluding hydrogens is 455 g/mol. The Morgan fingerprint density at radius 2 is 1.94 bits per heavy atom. The molecule has 3 amide bonds. The first kappa shape index (κ1) is 22.9. The van der Waals surface area contributed by atoms with Gasteiger partial charge in [-0.3, -0.25) is 14.5 Å². The lowest BCUT2D eigenvalue weighted by atomic mass is 10.2. The summed E-state index contributed by atoms with van der Waals surface area (Å²) in [5.74, 6) is 0.0619. The molecule has 0 radical (unpaired) electrons. The van der Waals surface area contributed by atoms with Gasteiger partial charge in [-0.2, -0.15) is 0 Å². The van der Waals surface area contributed by atoms with Crippen LogP contribution in [0.3, 0.4) is 0 Å². The maximum absolute atomic E-state index is 14.9. The molecular formula is C22H24ClFN4O5. The van der Waals surface area contributed by atoms with Gasteiger partial charge in [0.15, 0.2) is 5.76 Å². The standard InChI is InChI=1S/C22H24ClFN4O5/c1-14(29)25-12-17-13-28(22(31)33-17)15-2-4-19(18(24)10-15)26-6-8-27(9-7-26)21(30)20-5-3-16(11-23)32-20/h2-5,10,17H,6-9,11-13H2,1H3,(H,25,29)/t17-/m0/s1. The number of rotatable bonds is 6. The van der Waals surface area contributed by atoms with E-state index in [9.17, 15) is 18.8 Å². The maximum atomic E-state index is 14.9. The molecule has 2 aromatic rings. The van der Waals surface area contributed by atoms with Crippen molar-refractivity contribution in [2.75, 3.05) is 49.1 Å². The van der Waals surface area contributed by atoms with E-state index in [1.807, 2.05) is 4.90 Å². The van der Waals surface area contributed by atoms with E-state index in [1.165, 1.54) is 17.9 Å². The van der Waals surface area contributed by atoms with Crippen LogP contribution in [0.15, 0.2) is 34.7 Å². The first-order valence-electron chi connectivity index (χ1n) is 10.6. The molecule has 0 saturated carbocycles. The molecule has 1 aromatic heterocycles.